The summed E-state index contributed by atoms with van der Waals surface area (Å²) in [6, 6.07) is 21.5. The van der Waals surface area contributed by atoms with Gasteiger partial charge in [-0.1, -0.05) is 104 Å². The monoisotopic (exact) mass is 308 g/mol. The van der Waals surface area contributed by atoms with Gasteiger partial charge in [0, 0.05) is 0 Å². The number of benzene rings is 2. The van der Waals surface area contributed by atoms with Gasteiger partial charge in [0.05, 0.1) is 9.16 Å². The molecular weight excluding hydrogens is 296 g/mol. The van der Waals surface area contributed by atoms with Crippen LogP contribution in [0.25, 0.3) is 0 Å². The lowest BCUT2D eigenvalue weighted by Gasteiger charge is -2.26. The van der Waals surface area contributed by atoms with Crippen LogP contribution in [-0.4, -0.2) is 0 Å². The van der Waals surface area contributed by atoms with Gasteiger partial charge in [-0.05, 0) is 11.1 Å². The van der Waals surface area contributed by atoms with E-state index in [4.69, 9.17) is 0 Å². The van der Waals surface area contributed by atoms with Gasteiger partial charge < -0.3 is 0 Å². The molecule has 0 amide bonds. The van der Waals surface area contributed by atoms with Gasteiger partial charge in [-0.3, -0.25) is 0 Å². The largest absolute Gasteiger partial charge is 0.0959 e. The van der Waals surface area contributed by atoms with Gasteiger partial charge in [0.15, 0.2) is 0 Å². The summed E-state index contributed by atoms with van der Waals surface area (Å²) in [6.45, 7) is 0. The van der Waals surface area contributed by atoms with E-state index < -0.39 is 0 Å². The van der Waals surface area contributed by atoms with Crippen LogP contribution in [-0.2, 0) is 0 Å². The SMILES string of the molecule is c1ccc(C2SSC(c3ccccc3)SS2)cc1. The Balaban J connectivity index is 1.65. The second-order valence-electron chi connectivity index (χ2n) is 3.87. The van der Waals surface area contributed by atoms with Gasteiger partial charge in [-0.2, -0.15) is 0 Å². The predicted octanol–water partition coefficient (Wildman–Crippen LogP) is 6.16. The van der Waals surface area contributed by atoms with Crippen LogP contribution in [0.2, 0.25) is 0 Å². The zero-order valence-corrected chi connectivity index (χ0v) is 12.8. The number of rotatable bonds is 2. The summed E-state index contributed by atoms with van der Waals surface area (Å²) in [6.07, 6.45) is 0. The molecule has 18 heavy (non-hydrogen) atoms. The van der Waals surface area contributed by atoms with Crippen molar-refractivity contribution in [2.75, 3.05) is 0 Å². The first-order valence-corrected chi connectivity index (χ1v) is 10.2. The third-order valence-corrected chi connectivity index (χ3v) is 10.2. The van der Waals surface area contributed by atoms with Crippen LogP contribution >= 0.6 is 43.2 Å². The summed E-state index contributed by atoms with van der Waals surface area (Å²) in [5.74, 6) is 0. The zero-order valence-electron chi connectivity index (χ0n) is 9.56. The lowest BCUT2D eigenvalue weighted by Crippen LogP contribution is -1.94. The lowest BCUT2D eigenvalue weighted by atomic mass is 10.2. The highest BCUT2D eigenvalue weighted by Gasteiger charge is 2.26. The molecule has 0 N–H and O–H groups in total. The van der Waals surface area contributed by atoms with Gasteiger partial charge in [0.1, 0.15) is 0 Å². The first kappa shape index (κ1) is 12.9. The fraction of sp³-hybridized carbons (Fsp3) is 0.143. The molecule has 2 aromatic rings. The van der Waals surface area contributed by atoms with Crippen LogP contribution in [0.1, 0.15) is 20.3 Å². The Bertz CT molecular complexity index is 430. The molecule has 0 unspecified atom stereocenters. The van der Waals surface area contributed by atoms with Crippen molar-refractivity contribution in [3.05, 3.63) is 71.8 Å². The third-order valence-electron chi connectivity index (χ3n) is 2.60. The van der Waals surface area contributed by atoms with Gasteiger partial charge in [-0.15, -0.1) is 0 Å². The van der Waals surface area contributed by atoms with Gasteiger partial charge in [0.25, 0.3) is 0 Å². The molecule has 1 fully saturated rings. The highest BCUT2D eigenvalue weighted by Crippen LogP contribution is 2.66. The molecule has 0 radical (unpaired) electrons. The highest BCUT2D eigenvalue weighted by atomic mass is 33.2. The fourth-order valence-corrected chi connectivity index (χ4v) is 9.90. The average Bonchev–Trinajstić information content (AvgIpc) is 2.49. The van der Waals surface area contributed by atoms with Crippen molar-refractivity contribution in [3.8, 4) is 0 Å². The Morgan fingerprint density at radius 1 is 0.500 bits per heavy atom. The van der Waals surface area contributed by atoms with Crippen LogP contribution in [0.5, 0.6) is 0 Å². The fourth-order valence-electron chi connectivity index (χ4n) is 1.68. The minimum atomic E-state index is 0.543. The molecule has 92 valence electrons. The van der Waals surface area contributed by atoms with Crippen molar-refractivity contribution >= 4 is 43.2 Å². The summed E-state index contributed by atoms with van der Waals surface area (Å²) in [4.78, 5) is 0. The van der Waals surface area contributed by atoms with Crippen LogP contribution < -0.4 is 0 Å². The maximum absolute atomic E-state index is 2.22. The first-order valence-electron chi connectivity index (χ1n) is 5.67. The van der Waals surface area contributed by atoms with Gasteiger partial charge in [0.2, 0.25) is 0 Å². The van der Waals surface area contributed by atoms with Crippen LogP contribution in [0, 0.1) is 0 Å². The normalized spacial score (nSPS) is 23.8. The molecule has 0 saturated carbocycles. The maximum atomic E-state index is 2.22. The predicted molar refractivity (Wildman–Crippen MR) is 88.7 cm³/mol. The van der Waals surface area contributed by atoms with E-state index in [2.05, 4.69) is 60.7 Å². The summed E-state index contributed by atoms with van der Waals surface area (Å²) >= 11 is 0. The highest BCUT2D eigenvalue weighted by molar-refractivity contribution is 8.92. The molecule has 1 aliphatic heterocycles. The van der Waals surface area contributed by atoms with E-state index in [9.17, 15) is 0 Å². The number of hydrogen-bond acceptors (Lipinski definition) is 4. The van der Waals surface area contributed by atoms with E-state index in [-0.39, 0.29) is 0 Å². The Kier molecular flexibility index (Phi) is 4.52. The molecule has 1 saturated heterocycles. The molecule has 0 aliphatic carbocycles. The topological polar surface area (TPSA) is 0 Å². The quantitative estimate of drug-likeness (QED) is 0.609. The van der Waals surface area contributed by atoms with Crippen molar-refractivity contribution in [2.24, 2.45) is 0 Å². The molecule has 0 atom stereocenters. The van der Waals surface area contributed by atoms with Crippen molar-refractivity contribution in [2.45, 2.75) is 9.16 Å². The van der Waals surface area contributed by atoms with E-state index in [1.54, 1.807) is 0 Å². The molecule has 0 aromatic heterocycles. The van der Waals surface area contributed by atoms with Crippen molar-refractivity contribution in [3.63, 3.8) is 0 Å². The van der Waals surface area contributed by atoms with E-state index in [0.717, 1.165) is 0 Å². The third kappa shape index (κ3) is 3.05. The Hall–Kier alpha value is -0.160. The molecule has 3 rings (SSSR count). The zero-order chi connectivity index (χ0) is 12.2. The minimum Gasteiger partial charge on any atom is -0.0724 e. The average molecular weight is 309 g/mol. The Morgan fingerprint density at radius 3 is 1.17 bits per heavy atom. The lowest BCUT2D eigenvalue weighted by molar-refractivity contribution is 1.38. The molecular formula is C14H12S4. The Labute approximate surface area is 124 Å². The first-order chi connectivity index (χ1) is 8.93. The summed E-state index contributed by atoms with van der Waals surface area (Å²) < 4.78 is 1.09. The second-order valence-corrected chi connectivity index (χ2v) is 9.43. The standard InChI is InChI=1S/C14H12S4/c1-3-7-11(8-4-1)13-15-17-14(18-16-13)12-9-5-2-6-10-12/h1-10,13-14H. The molecule has 0 bridgehead atoms. The van der Waals surface area contributed by atoms with Crippen molar-refractivity contribution in [1.29, 1.82) is 0 Å². The Morgan fingerprint density at radius 2 is 0.833 bits per heavy atom. The summed E-state index contributed by atoms with van der Waals surface area (Å²) in [7, 11) is 7.91. The van der Waals surface area contributed by atoms with Crippen LogP contribution in [0.4, 0.5) is 0 Å². The molecule has 0 nitrogen and oxygen atoms in total. The van der Waals surface area contributed by atoms with Crippen LogP contribution in [0.3, 0.4) is 0 Å². The molecule has 1 heterocycles. The molecule has 2 aromatic carbocycles. The van der Waals surface area contributed by atoms with Crippen molar-refractivity contribution in [1.82, 2.24) is 0 Å². The van der Waals surface area contributed by atoms with Gasteiger partial charge in [-0.25, -0.2) is 0 Å². The molecule has 1 aliphatic rings. The smallest absolute Gasteiger partial charge is 0.0724 e. The van der Waals surface area contributed by atoms with E-state index in [1.165, 1.54) is 11.1 Å². The minimum absolute atomic E-state index is 0.543. The molecule has 4 heteroatoms. The van der Waals surface area contributed by atoms with Gasteiger partial charge >= 0.3 is 0 Å². The second kappa shape index (κ2) is 6.33. The van der Waals surface area contributed by atoms with Crippen LogP contribution in [0.15, 0.2) is 60.7 Å². The maximum Gasteiger partial charge on any atom is 0.0959 e. The number of hydrogen-bond donors (Lipinski definition) is 0. The summed E-state index contributed by atoms with van der Waals surface area (Å²) in [5.41, 5.74) is 2.83. The van der Waals surface area contributed by atoms with E-state index in [0.29, 0.717) is 9.16 Å². The van der Waals surface area contributed by atoms with Crippen molar-refractivity contribution < 1.29 is 0 Å². The van der Waals surface area contributed by atoms with E-state index in [1.807, 2.05) is 43.2 Å². The van der Waals surface area contributed by atoms with E-state index >= 15 is 0 Å². The molecule has 0 spiro atoms. The summed E-state index contributed by atoms with van der Waals surface area (Å²) in [5, 5.41) is 0.